The molecule has 3 aromatic rings. The van der Waals surface area contributed by atoms with E-state index in [-0.39, 0.29) is 6.04 Å². The summed E-state index contributed by atoms with van der Waals surface area (Å²) in [5.74, 6) is 0. The molecule has 4 rings (SSSR count). The van der Waals surface area contributed by atoms with Crippen LogP contribution in [0.3, 0.4) is 0 Å². The molecule has 0 radical (unpaired) electrons. The van der Waals surface area contributed by atoms with E-state index in [1.807, 2.05) is 6.07 Å². The first-order chi connectivity index (χ1) is 11.4. The van der Waals surface area contributed by atoms with Crippen molar-refractivity contribution in [1.29, 1.82) is 0 Å². The Hall–Kier alpha value is -2.84. The second kappa shape index (κ2) is 6.11. The molecule has 2 N–H and O–H groups in total. The van der Waals surface area contributed by atoms with Crippen molar-refractivity contribution in [3.05, 3.63) is 108 Å². The summed E-state index contributed by atoms with van der Waals surface area (Å²) in [6.45, 7) is 0. The third-order valence-electron chi connectivity index (χ3n) is 4.18. The molecule has 1 aliphatic rings. The maximum atomic E-state index is 3.45. The molecule has 1 atom stereocenters. The highest BCUT2D eigenvalue weighted by Crippen LogP contribution is 2.38. The highest BCUT2D eigenvalue weighted by molar-refractivity contribution is 5.94. The molecule has 23 heavy (non-hydrogen) atoms. The van der Waals surface area contributed by atoms with Crippen LogP contribution in [0.2, 0.25) is 0 Å². The second-order valence-corrected chi connectivity index (χ2v) is 5.63. The number of hydrogen-bond acceptors (Lipinski definition) is 2. The summed E-state index contributed by atoms with van der Waals surface area (Å²) < 4.78 is 0. The minimum absolute atomic E-state index is 0.133. The van der Waals surface area contributed by atoms with Crippen molar-refractivity contribution in [1.82, 2.24) is 10.9 Å². The average Bonchev–Trinajstić information content (AvgIpc) is 3.09. The molecule has 2 heteroatoms. The molecule has 112 valence electrons. The van der Waals surface area contributed by atoms with E-state index in [0.29, 0.717) is 0 Å². The van der Waals surface area contributed by atoms with E-state index >= 15 is 0 Å². The Morgan fingerprint density at radius 2 is 1.09 bits per heavy atom. The van der Waals surface area contributed by atoms with Gasteiger partial charge in [0.1, 0.15) is 0 Å². The molecule has 0 bridgehead atoms. The fourth-order valence-corrected chi connectivity index (χ4v) is 3.08. The first-order valence-corrected chi connectivity index (χ1v) is 7.85. The van der Waals surface area contributed by atoms with Gasteiger partial charge in [-0.25, -0.2) is 5.43 Å². The van der Waals surface area contributed by atoms with Gasteiger partial charge >= 0.3 is 0 Å². The molecule has 1 heterocycles. The normalized spacial score (nSPS) is 17.1. The van der Waals surface area contributed by atoms with Gasteiger partial charge in [0.25, 0.3) is 0 Å². The van der Waals surface area contributed by atoms with Crippen LogP contribution in [0.4, 0.5) is 0 Å². The minimum atomic E-state index is 0.133. The molecule has 3 aromatic carbocycles. The van der Waals surface area contributed by atoms with Crippen LogP contribution >= 0.6 is 0 Å². The van der Waals surface area contributed by atoms with Gasteiger partial charge in [-0.2, -0.15) is 0 Å². The molecule has 0 spiro atoms. The maximum absolute atomic E-state index is 3.45. The SMILES string of the molecule is c1ccc(C2=C(c3ccccc3)C(c3ccccc3)NN2)cc1. The zero-order valence-corrected chi connectivity index (χ0v) is 12.7. The van der Waals surface area contributed by atoms with E-state index in [4.69, 9.17) is 0 Å². The number of rotatable bonds is 3. The summed E-state index contributed by atoms with van der Waals surface area (Å²) in [6.07, 6.45) is 0. The monoisotopic (exact) mass is 298 g/mol. The highest BCUT2D eigenvalue weighted by atomic mass is 15.4. The first kappa shape index (κ1) is 13.8. The summed E-state index contributed by atoms with van der Waals surface area (Å²) in [5, 5.41) is 0. The Labute approximate surface area is 136 Å². The Morgan fingerprint density at radius 1 is 0.565 bits per heavy atom. The summed E-state index contributed by atoms with van der Waals surface area (Å²) in [7, 11) is 0. The molecule has 0 aromatic heterocycles. The summed E-state index contributed by atoms with van der Waals surface area (Å²) in [4.78, 5) is 0. The largest absolute Gasteiger partial charge is 0.320 e. The third-order valence-corrected chi connectivity index (χ3v) is 4.18. The molecule has 0 saturated heterocycles. The third kappa shape index (κ3) is 2.65. The Bertz CT molecular complexity index is 808. The fourth-order valence-electron chi connectivity index (χ4n) is 3.08. The van der Waals surface area contributed by atoms with Gasteiger partial charge in [0.15, 0.2) is 0 Å². The molecule has 1 aliphatic heterocycles. The van der Waals surface area contributed by atoms with Gasteiger partial charge in [-0.05, 0) is 16.7 Å². The number of hydrazine groups is 1. The number of hydrogen-bond donors (Lipinski definition) is 2. The summed E-state index contributed by atoms with van der Waals surface area (Å²) in [6, 6.07) is 31.7. The maximum Gasteiger partial charge on any atom is 0.0786 e. The standard InChI is InChI=1S/C21H18N2/c1-4-10-16(11-5-1)19-20(17-12-6-2-7-13-17)22-23-21(19)18-14-8-3-9-15-18/h1-15,20,22-23H. The molecule has 0 amide bonds. The first-order valence-electron chi connectivity index (χ1n) is 7.85. The quantitative estimate of drug-likeness (QED) is 0.748. The minimum Gasteiger partial charge on any atom is -0.320 e. The predicted octanol–water partition coefficient (Wildman–Crippen LogP) is 4.40. The van der Waals surface area contributed by atoms with E-state index in [2.05, 4.69) is 95.8 Å². The van der Waals surface area contributed by atoms with Gasteiger partial charge < -0.3 is 5.43 Å². The Kier molecular flexibility index (Phi) is 3.66. The molecule has 0 saturated carbocycles. The lowest BCUT2D eigenvalue weighted by Gasteiger charge is -2.15. The van der Waals surface area contributed by atoms with Crippen molar-refractivity contribution in [2.45, 2.75) is 6.04 Å². The molecule has 2 nitrogen and oxygen atoms in total. The predicted molar refractivity (Wildman–Crippen MR) is 95.2 cm³/mol. The van der Waals surface area contributed by atoms with E-state index in [0.717, 1.165) is 5.70 Å². The lowest BCUT2D eigenvalue weighted by atomic mass is 9.91. The van der Waals surface area contributed by atoms with Crippen molar-refractivity contribution < 1.29 is 0 Å². The van der Waals surface area contributed by atoms with E-state index in [1.165, 1.54) is 22.3 Å². The molecular formula is C21H18N2. The molecule has 0 fully saturated rings. The van der Waals surface area contributed by atoms with Gasteiger partial charge in [-0.1, -0.05) is 91.0 Å². The fraction of sp³-hybridized carbons (Fsp3) is 0.0476. The smallest absolute Gasteiger partial charge is 0.0786 e. The average molecular weight is 298 g/mol. The van der Waals surface area contributed by atoms with Crippen LogP contribution < -0.4 is 10.9 Å². The van der Waals surface area contributed by atoms with Gasteiger partial charge in [0, 0.05) is 5.57 Å². The summed E-state index contributed by atoms with van der Waals surface area (Å²) in [5.41, 5.74) is 13.0. The molecule has 0 aliphatic carbocycles. The highest BCUT2D eigenvalue weighted by Gasteiger charge is 2.28. The van der Waals surface area contributed by atoms with E-state index < -0.39 is 0 Å². The van der Waals surface area contributed by atoms with Crippen molar-refractivity contribution >= 4 is 11.3 Å². The van der Waals surface area contributed by atoms with Crippen LogP contribution in [0.5, 0.6) is 0 Å². The van der Waals surface area contributed by atoms with Gasteiger partial charge in [-0.3, -0.25) is 0 Å². The van der Waals surface area contributed by atoms with Gasteiger partial charge in [-0.15, -0.1) is 0 Å². The van der Waals surface area contributed by atoms with Crippen LogP contribution in [0, 0.1) is 0 Å². The number of benzene rings is 3. The van der Waals surface area contributed by atoms with Crippen LogP contribution in [0.25, 0.3) is 11.3 Å². The second-order valence-electron chi connectivity index (χ2n) is 5.63. The molecule has 1 unspecified atom stereocenters. The van der Waals surface area contributed by atoms with E-state index in [1.54, 1.807) is 0 Å². The summed E-state index contributed by atoms with van der Waals surface area (Å²) >= 11 is 0. The van der Waals surface area contributed by atoms with Crippen LogP contribution in [-0.4, -0.2) is 0 Å². The number of nitrogens with one attached hydrogen (secondary N) is 2. The van der Waals surface area contributed by atoms with Gasteiger partial charge in [0.05, 0.1) is 11.7 Å². The zero-order valence-electron chi connectivity index (χ0n) is 12.7. The van der Waals surface area contributed by atoms with E-state index in [9.17, 15) is 0 Å². The van der Waals surface area contributed by atoms with Crippen LogP contribution in [-0.2, 0) is 0 Å². The van der Waals surface area contributed by atoms with Gasteiger partial charge in [0.2, 0.25) is 0 Å². The van der Waals surface area contributed by atoms with Crippen LogP contribution in [0.15, 0.2) is 91.0 Å². The van der Waals surface area contributed by atoms with Crippen molar-refractivity contribution in [3.8, 4) is 0 Å². The topological polar surface area (TPSA) is 24.1 Å². The lowest BCUT2D eigenvalue weighted by Crippen LogP contribution is -2.26. The van der Waals surface area contributed by atoms with Crippen molar-refractivity contribution in [3.63, 3.8) is 0 Å². The Balaban J connectivity index is 1.88. The van der Waals surface area contributed by atoms with Crippen molar-refractivity contribution in [2.24, 2.45) is 0 Å². The van der Waals surface area contributed by atoms with Crippen LogP contribution in [0.1, 0.15) is 22.7 Å². The lowest BCUT2D eigenvalue weighted by molar-refractivity contribution is 0.623. The molecular weight excluding hydrogens is 280 g/mol. The zero-order chi connectivity index (χ0) is 15.5. The van der Waals surface area contributed by atoms with Crippen molar-refractivity contribution in [2.75, 3.05) is 0 Å². The Morgan fingerprint density at radius 3 is 1.70 bits per heavy atom.